The van der Waals surface area contributed by atoms with E-state index in [0.717, 1.165) is 6.42 Å². The number of carbonyl (C=O) groups excluding carboxylic acids is 1. The highest BCUT2D eigenvalue weighted by molar-refractivity contribution is 5.80. The van der Waals surface area contributed by atoms with E-state index in [2.05, 4.69) is 5.32 Å². The molecule has 1 rings (SSSR count). The van der Waals surface area contributed by atoms with E-state index in [-0.39, 0.29) is 18.4 Å². The molecule has 0 aromatic heterocycles. The molecule has 1 aromatic rings. The zero-order chi connectivity index (χ0) is 15.9. The molecule has 0 saturated carbocycles. The molecule has 0 aliphatic heterocycles. The predicted molar refractivity (Wildman–Crippen MR) is 80.0 cm³/mol. The number of nitrogens with one attached hydrogen (secondary N) is 1. The lowest BCUT2D eigenvalue weighted by Gasteiger charge is -2.28. The average Bonchev–Trinajstić information content (AvgIpc) is 2.44. The maximum Gasteiger partial charge on any atom is 0.329 e. The van der Waals surface area contributed by atoms with Crippen molar-refractivity contribution >= 4 is 5.97 Å². The Morgan fingerprint density at radius 1 is 1.38 bits per heavy atom. The van der Waals surface area contributed by atoms with Crippen molar-refractivity contribution in [1.82, 2.24) is 5.32 Å². The smallest absolute Gasteiger partial charge is 0.329 e. The van der Waals surface area contributed by atoms with Gasteiger partial charge in [0.15, 0.2) is 0 Å². The van der Waals surface area contributed by atoms with E-state index < -0.39 is 5.54 Å². The molecule has 0 aliphatic rings. The van der Waals surface area contributed by atoms with Gasteiger partial charge in [0, 0.05) is 0 Å². The molecular formula is C16H24FNO3. The standard InChI is InChI=1S/C16H24FNO3/c1-5-9-18-16(4,15(19)20-6-2)11-21-14-8-7-13(17)10-12(14)3/h7-8,10,18H,5-6,9,11H2,1-4H3. The lowest BCUT2D eigenvalue weighted by molar-refractivity contribution is -0.151. The Bertz CT molecular complexity index is 479. The summed E-state index contributed by atoms with van der Waals surface area (Å²) >= 11 is 0. The molecule has 1 N–H and O–H groups in total. The summed E-state index contributed by atoms with van der Waals surface area (Å²) < 4.78 is 23.9. The van der Waals surface area contributed by atoms with Crippen LogP contribution in [0.3, 0.4) is 0 Å². The van der Waals surface area contributed by atoms with Crippen LogP contribution >= 0.6 is 0 Å². The highest BCUT2D eigenvalue weighted by Gasteiger charge is 2.35. The number of ether oxygens (including phenoxy) is 2. The molecule has 1 atom stereocenters. The van der Waals surface area contributed by atoms with Gasteiger partial charge in [-0.05, 0) is 57.5 Å². The molecule has 0 radical (unpaired) electrons. The summed E-state index contributed by atoms with van der Waals surface area (Å²) in [5.41, 5.74) is -0.232. The molecule has 0 spiro atoms. The molecule has 0 bridgehead atoms. The van der Waals surface area contributed by atoms with Crippen LogP contribution in [0, 0.1) is 12.7 Å². The van der Waals surface area contributed by atoms with Gasteiger partial charge in [-0.15, -0.1) is 0 Å². The van der Waals surface area contributed by atoms with Gasteiger partial charge in [0.05, 0.1) is 6.61 Å². The Labute approximate surface area is 125 Å². The maximum atomic E-state index is 13.1. The second-order valence-corrected chi connectivity index (χ2v) is 5.18. The number of esters is 1. The van der Waals surface area contributed by atoms with Crippen molar-refractivity contribution in [3.63, 3.8) is 0 Å². The van der Waals surface area contributed by atoms with Crippen LogP contribution < -0.4 is 10.1 Å². The van der Waals surface area contributed by atoms with E-state index in [0.29, 0.717) is 24.5 Å². The first-order valence-corrected chi connectivity index (χ1v) is 7.24. The minimum Gasteiger partial charge on any atom is -0.491 e. The van der Waals surface area contributed by atoms with Crippen LogP contribution in [0.15, 0.2) is 18.2 Å². The number of rotatable bonds is 8. The van der Waals surface area contributed by atoms with Gasteiger partial charge in [-0.25, -0.2) is 9.18 Å². The van der Waals surface area contributed by atoms with E-state index in [1.165, 1.54) is 12.1 Å². The zero-order valence-electron chi connectivity index (χ0n) is 13.2. The second-order valence-electron chi connectivity index (χ2n) is 5.18. The van der Waals surface area contributed by atoms with E-state index in [9.17, 15) is 9.18 Å². The Hall–Kier alpha value is -1.62. The molecule has 4 nitrogen and oxygen atoms in total. The SMILES string of the molecule is CCCNC(C)(COc1ccc(F)cc1C)C(=O)OCC. The van der Waals surface area contributed by atoms with Gasteiger partial charge in [0.1, 0.15) is 23.7 Å². The van der Waals surface area contributed by atoms with Crippen LogP contribution in [0.2, 0.25) is 0 Å². The van der Waals surface area contributed by atoms with Crippen molar-refractivity contribution in [2.45, 2.75) is 39.7 Å². The Morgan fingerprint density at radius 2 is 2.10 bits per heavy atom. The molecule has 1 unspecified atom stereocenters. The second kappa shape index (κ2) is 7.98. The molecule has 21 heavy (non-hydrogen) atoms. The van der Waals surface area contributed by atoms with Gasteiger partial charge < -0.3 is 9.47 Å². The lowest BCUT2D eigenvalue weighted by atomic mass is 10.0. The minimum absolute atomic E-state index is 0.123. The summed E-state index contributed by atoms with van der Waals surface area (Å²) in [5, 5.41) is 3.16. The van der Waals surface area contributed by atoms with E-state index in [1.54, 1.807) is 26.8 Å². The molecule has 0 amide bonds. The average molecular weight is 297 g/mol. The summed E-state index contributed by atoms with van der Waals surface area (Å²) in [6, 6.07) is 4.30. The molecule has 0 aliphatic carbocycles. The highest BCUT2D eigenvalue weighted by atomic mass is 19.1. The van der Waals surface area contributed by atoms with Crippen LogP contribution in [0.25, 0.3) is 0 Å². The van der Waals surface area contributed by atoms with Crippen LogP contribution in [-0.4, -0.2) is 31.3 Å². The van der Waals surface area contributed by atoms with E-state index in [4.69, 9.17) is 9.47 Å². The summed E-state index contributed by atoms with van der Waals surface area (Å²) in [6.45, 7) is 8.42. The molecule has 118 valence electrons. The quantitative estimate of drug-likeness (QED) is 0.750. The normalized spacial score (nSPS) is 13.6. The van der Waals surface area contributed by atoms with Gasteiger partial charge in [0.25, 0.3) is 0 Å². The summed E-state index contributed by atoms with van der Waals surface area (Å²) in [5.74, 6) is -0.0967. The molecule has 5 heteroatoms. The van der Waals surface area contributed by atoms with Gasteiger partial charge >= 0.3 is 5.97 Å². The van der Waals surface area contributed by atoms with Crippen molar-refractivity contribution in [2.75, 3.05) is 19.8 Å². The third-order valence-electron chi connectivity index (χ3n) is 3.14. The van der Waals surface area contributed by atoms with E-state index in [1.807, 2.05) is 6.92 Å². The third kappa shape index (κ3) is 5.01. The van der Waals surface area contributed by atoms with Crippen molar-refractivity contribution < 1.29 is 18.7 Å². The summed E-state index contributed by atoms with van der Waals surface area (Å²) in [4.78, 5) is 12.1. The number of halogens is 1. The number of carbonyl (C=O) groups is 1. The van der Waals surface area contributed by atoms with Gasteiger partial charge in [-0.2, -0.15) is 0 Å². The molecule has 0 saturated heterocycles. The first-order valence-electron chi connectivity index (χ1n) is 7.24. The monoisotopic (exact) mass is 297 g/mol. The van der Waals surface area contributed by atoms with Crippen LogP contribution in [0.4, 0.5) is 4.39 Å². The number of benzene rings is 1. The lowest BCUT2D eigenvalue weighted by Crippen LogP contribution is -2.55. The van der Waals surface area contributed by atoms with E-state index >= 15 is 0 Å². The molecule has 1 aromatic carbocycles. The summed E-state index contributed by atoms with van der Waals surface area (Å²) in [7, 11) is 0. The molecular weight excluding hydrogens is 273 g/mol. The Balaban J connectivity index is 2.78. The largest absolute Gasteiger partial charge is 0.491 e. The zero-order valence-corrected chi connectivity index (χ0v) is 13.2. The first kappa shape index (κ1) is 17.4. The van der Waals surface area contributed by atoms with Gasteiger partial charge in [-0.3, -0.25) is 5.32 Å². The fraction of sp³-hybridized carbons (Fsp3) is 0.562. The van der Waals surface area contributed by atoms with Crippen molar-refractivity contribution in [3.8, 4) is 5.75 Å². The molecule has 0 fully saturated rings. The van der Waals surface area contributed by atoms with Crippen molar-refractivity contribution in [1.29, 1.82) is 0 Å². The van der Waals surface area contributed by atoms with Crippen LogP contribution in [0.1, 0.15) is 32.8 Å². The van der Waals surface area contributed by atoms with Crippen LogP contribution in [-0.2, 0) is 9.53 Å². The highest BCUT2D eigenvalue weighted by Crippen LogP contribution is 2.20. The number of aryl methyl sites for hydroxylation is 1. The van der Waals surface area contributed by atoms with Crippen molar-refractivity contribution in [2.24, 2.45) is 0 Å². The molecule has 0 heterocycles. The predicted octanol–water partition coefficient (Wildman–Crippen LogP) is 2.83. The fourth-order valence-corrected chi connectivity index (χ4v) is 1.87. The van der Waals surface area contributed by atoms with Gasteiger partial charge in [0.2, 0.25) is 0 Å². The number of hydrogen-bond acceptors (Lipinski definition) is 4. The minimum atomic E-state index is -0.924. The Morgan fingerprint density at radius 3 is 2.67 bits per heavy atom. The summed E-state index contributed by atoms with van der Waals surface area (Å²) in [6.07, 6.45) is 0.893. The van der Waals surface area contributed by atoms with Crippen molar-refractivity contribution in [3.05, 3.63) is 29.6 Å². The number of hydrogen-bond donors (Lipinski definition) is 1. The van der Waals surface area contributed by atoms with Gasteiger partial charge in [-0.1, -0.05) is 6.92 Å². The fourth-order valence-electron chi connectivity index (χ4n) is 1.87. The third-order valence-corrected chi connectivity index (χ3v) is 3.14. The Kier molecular flexibility index (Phi) is 6.62. The first-order chi connectivity index (χ1) is 9.92. The topological polar surface area (TPSA) is 47.6 Å². The maximum absolute atomic E-state index is 13.1. The van der Waals surface area contributed by atoms with Crippen LogP contribution in [0.5, 0.6) is 5.75 Å².